The predicted molar refractivity (Wildman–Crippen MR) is 32.8 cm³/mol. The van der Waals surface area contributed by atoms with Gasteiger partial charge in [-0.05, 0) is 12.6 Å². The number of carbonyl (C=O) groups excluding carboxylic acids is 1. The predicted octanol–water partition coefficient (Wildman–Crippen LogP) is -2.23. The van der Waals surface area contributed by atoms with Gasteiger partial charge in [-0.2, -0.15) is 0 Å². The molecule has 0 fully saturated rings. The Bertz CT molecular complexity index is 60.7. The Kier molecular flexibility index (Phi) is 27.3. The summed E-state index contributed by atoms with van der Waals surface area (Å²) >= 11 is 0. The summed E-state index contributed by atoms with van der Waals surface area (Å²) < 4.78 is 0. The van der Waals surface area contributed by atoms with Crippen molar-refractivity contribution in [2.75, 3.05) is 6.61 Å². The molecule has 0 amide bonds. The van der Waals surface area contributed by atoms with Crippen LogP contribution in [-0.4, -0.2) is 55.6 Å². The fraction of sp³-hybridized carbons (Fsp3) is 0.600. The van der Waals surface area contributed by atoms with Crippen LogP contribution in [0.15, 0.2) is 0 Å². The second-order valence-corrected chi connectivity index (χ2v) is 1.18. The van der Waals surface area contributed by atoms with Crippen molar-refractivity contribution in [2.45, 2.75) is 12.8 Å². The van der Waals surface area contributed by atoms with Crippen LogP contribution in [0.25, 0.3) is 0 Å². The Morgan fingerprint density at radius 1 is 1.50 bits per heavy atom. The molecule has 0 aromatic heterocycles. The second-order valence-electron chi connectivity index (χ2n) is 1.18. The van der Waals surface area contributed by atoms with Crippen molar-refractivity contribution in [2.24, 2.45) is 0 Å². The maximum Gasteiger partial charge on any atom is 2.00 e. The molecule has 0 aliphatic heterocycles. The molecule has 0 heterocycles. The van der Waals surface area contributed by atoms with Gasteiger partial charge in [0.05, 0.1) is 0 Å². The van der Waals surface area contributed by atoms with Crippen molar-refractivity contribution in [3.8, 4) is 0 Å². The molecule has 0 saturated heterocycles. The van der Waals surface area contributed by atoms with E-state index in [1.807, 2.05) is 0 Å². The van der Waals surface area contributed by atoms with Crippen LogP contribution >= 0.6 is 0 Å². The molecule has 0 rings (SSSR count). The minimum atomic E-state index is -2.33. The third kappa shape index (κ3) is 76.8. The SMILES string of the molecule is O=C([O-])[O-].[CH2]CCCO.[Ca+2]. The van der Waals surface area contributed by atoms with Gasteiger partial charge in [-0.1, -0.05) is 13.3 Å². The van der Waals surface area contributed by atoms with E-state index in [1.54, 1.807) is 0 Å². The normalized spacial score (nSPS) is 6.60. The van der Waals surface area contributed by atoms with E-state index >= 15 is 0 Å². The molecule has 10 heavy (non-hydrogen) atoms. The number of aliphatic hydroxyl groups excluding tert-OH is 1. The maximum absolute atomic E-state index is 8.33. The van der Waals surface area contributed by atoms with Gasteiger partial charge in [-0.3, -0.25) is 0 Å². The maximum atomic E-state index is 8.33. The van der Waals surface area contributed by atoms with E-state index in [1.165, 1.54) is 0 Å². The first-order chi connectivity index (χ1) is 4.15. The van der Waals surface area contributed by atoms with Crippen molar-refractivity contribution < 1.29 is 20.1 Å². The average molecular weight is 173 g/mol. The van der Waals surface area contributed by atoms with Crippen LogP contribution in [0, 0.1) is 6.92 Å². The second kappa shape index (κ2) is 16.2. The topological polar surface area (TPSA) is 83.4 Å². The Hall–Kier alpha value is 0.490. The summed E-state index contributed by atoms with van der Waals surface area (Å²) in [5.41, 5.74) is 0. The van der Waals surface area contributed by atoms with Crippen molar-refractivity contribution in [3.63, 3.8) is 0 Å². The fourth-order valence-electron chi connectivity index (χ4n) is 0.112. The summed E-state index contributed by atoms with van der Waals surface area (Å²) in [5.74, 6) is 0. The summed E-state index contributed by atoms with van der Waals surface area (Å²) in [6, 6.07) is 0. The van der Waals surface area contributed by atoms with Crippen LogP contribution in [0.5, 0.6) is 0 Å². The number of carboxylic acid groups (broad SMARTS) is 2. The Labute approximate surface area is 89.9 Å². The molecule has 0 aliphatic rings. The van der Waals surface area contributed by atoms with E-state index < -0.39 is 6.16 Å². The van der Waals surface area contributed by atoms with Gasteiger partial charge in [-0.25, -0.2) is 0 Å². The van der Waals surface area contributed by atoms with Crippen LogP contribution < -0.4 is 10.2 Å². The molecule has 0 atom stereocenters. The quantitative estimate of drug-likeness (QED) is 0.479. The number of hydrogen-bond acceptors (Lipinski definition) is 4. The van der Waals surface area contributed by atoms with E-state index in [9.17, 15) is 0 Å². The van der Waals surface area contributed by atoms with Crippen LogP contribution in [0.4, 0.5) is 4.79 Å². The van der Waals surface area contributed by atoms with E-state index in [0.717, 1.165) is 12.8 Å². The molecule has 0 spiro atoms. The molecule has 5 heteroatoms. The third-order valence-corrected chi connectivity index (χ3v) is 0.408. The molecule has 0 unspecified atom stereocenters. The zero-order valence-electron chi connectivity index (χ0n) is 5.71. The van der Waals surface area contributed by atoms with E-state index in [2.05, 4.69) is 6.92 Å². The first kappa shape index (κ1) is 16.8. The first-order valence-corrected chi connectivity index (χ1v) is 2.43. The Morgan fingerprint density at radius 2 is 1.80 bits per heavy atom. The van der Waals surface area contributed by atoms with Crippen LogP contribution in [0.1, 0.15) is 12.8 Å². The molecule has 0 aromatic carbocycles. The monoisotopic (exact) mass is 173 g/mol. The molecule has 4 nitrogen and oxygen atoms in total. The number of rotatable bonds is 2. The first-order valence-electron chi connectivity index (χ1n) is 2.43. The van der Waals surface area contributed by atoms with Crippen LogP contribution in [0.3, 0.4) is 0 Å². The van der Waals surface area contributed by atoms with Gasteiger partial charge in [0.1, 0.15) is 0 Å². The number of hydrogen-bond donors (Lipinski definition) is 1. The van der Waals surface area contributed by atoms with Crippen molar-refractivity contribution in [1.82, 2.24) is 0 Å². The summed E-state index contributed by atoms with van der Waals surface area (Å²) in [6.45, 7) is 3.80. The number of carbonyl (C=O) groups is 1. The molecule has 55 valence electrons. The van der Waals surface area contributed by atoms with Crippen LogP contribution in [0.2, 0.25) is 0 Å². The molecule has 1 N–H and O–H groups in total. The number of aliphatic hydroxyl groups is 1. The van der Waals surface area contributed by atoms with E-state index in [4.69, 9.17) is 20.1 Å². The Morgan fingerprint density at radius 3 is 1.80 bits per heavy atom. The molecular formula is C5H9CaO4. The molecule has 0 saturated carbocycles. The summed E-state index contributed by atoms with van der Waals surface area (Å²) in [6.07, 6.45) is -0.656. The third-order valence-electron chi connectivity index (χ3n) is 0.408. The minimum absolute atomic E-state index is 0. The molecule has 1 radical (unpaired) electrons. The standard InChI is InChI=1S/C4H9O.CH2O3.Ca/c1-2-3-4-5;2-1(3)4;/h5H,1-4H2;(H2,2,3,4);/q;;+2/p-2. The van der Waals surface area contributed by atoms with Gasteiger partial charge in [0.25, 0.3) is 0 Å². The van der Waals surface area contributed by atoms with Gasteiger partial charge in [-0.15, -0.1) is 0 Å². The molecule has 0 bridgehead atoms. The van der Waals surface area contributed by atoms with Gasteiger partial charge in [0.15, 0.2) is 0 Å². The zero-order valence-corrected chi connectivity index (χ0v) is 7.92. The minimum Gasteiger partial charge on any atom is -0.652 e. The zero-order chi connectivity index (χ0) is 7.70. The van der Waals surface area contributed by atoms with Gasteiger partial charge >= 0.3 is 37.7 Å². The van der Waals surface area contributed by atoms with Crippen molar-refractivity contribution in [3.05, 3.63) is 6.92 Å². The molecule has 0 aromatic rings. The average Bonchev–Trinajstić information content (AvgIpc) is 1.66. The van der Waals surface area contributed by atoms with E-state index in [0.29, 0.717) is 0 Å². The smallest absolute Gasteiger partial charge is 0.652 e. The molecule has 0 aliphatic carbocycles. The molecular weight excluding hydrogens is 164 g/mol. The van der Waals surface area contributed by atoms with Gasteiger partial charge in [0.2, 0.25) is 0 Å². The van der Waals surface area contributed by atoms with Crippen molar-refractivity contribution >= 4 is 43.9 Å². The fourth-order valence-corrected chi connectivity index (χ4v) is 0.112. The largest absolute Gasteiger partial charge is 2.00 e. The van der Waals surface area contributed by atoms with Crippen molar-refractivity contribution in [1.29, 1.82) is 0 Å². The van der Waals surface area contributed by atoms with Gasteiger partial charge in [0, 0.05) is 6.61 Å². The summed E-state index contributed by atoms with van der Waals surface area (Å²) in [7, 11) is 0. The number of unbranched alkanes of at least 4 members (excludes halogenated alkanes) is 1. The van der Waals surface area contributed by atoms with Crippen LogP contribution in [-0.2, 0) is 0 Å². The van der Waals surface area contributed by atoms with E-state index in [-0.39, 0.29) is 44.3 Å². The summed E-state index contributed by atoms with van der Waals surface area (Å²) in [4.78, 5) is 8.33. The van der Waals surface area contributed by atoms with Gasteiger partial charge < -0.3 is 20.1 Å². The Balaban J connectivity index is -0.0000000910. The summed E-state index contributed by atoms with van der Waals surface area (Å²) in [5, 5.41) is 24.7.